The Balaban J connectivity index is 2.30. The molecule has 100 valence electrons. The standard InChI is InChI=1S/C13H24O4/c1-9(2)5-3-4-6-11(15)12-10(7-14)8-17-13(12)16/h9-12,14-15H,3-8H2,1-2H3. The van der Waals surface area contributed by atoms with Crippen LogP contribution < -0.4 is 0 Å². The molecule has 4 nitrogen and oxygen atoms in total. The summed E-state index contributed by atoms with van der Waals surface area (Å²) in [4.78, 5) is 11.4. The summed E-state index contributed by atoms with van der Waals surface area (Å²) in [6.07, 6.45) is 3.07. The van der Waals surface area contributed by atoms with Gasteiger partial charge in [0.2, 0.25) is 0 Å². The molecule has 0 aliphatic carbocycles. The van der Waals surface area contributed by atoms with E-state index < -0.39 is 12.0 Å². The maximum Gasteiger partial charge on any atom is 0.312 e. The first-order valence-electron chi connectivity index (χ1n) is 6.51. The molecule has 0 spiro atoms. The number of hydrogen-bond acceptors (Lipinski definition) is 4. The van der Waals surface area contributed by atoms with Crippen LogP contribution in [0, 0.1) is 17.8 Å². The Morgan fingerprint density at radius 1 is 1.35 bits per heavy atom. The highest BCUT2D eigenvalue weighted by Crippen LogP contribution is 2.27. The van der Waals surface area contributed by atoms with Crippen LogP contribution in [0.5, 0.6) is 0 Å². The Bertz CT molecular complexity index is 240. The Morgan fingerprint density at radius 3 is 2.59 bits per heavy atom. The van der Waals surface area contributed by atoms with E-state index >= 15 is 0 Å². The molecule has 4 heteroatoms. The van der Waals surface area contributed by atoms with Crippen LogP contribution in [0.25, 0.3) is 0 Å². The molecule has 17 heavy (non-hydrogen) atoms. The van der Waals surface area contributed by atoms with Gasteiger partial charge in [0.25, 0.3) is 0 Å². The van der Waals surface area contributed by atoms with Gasteiger partial charge in [-0.15, -0.1) is 0 Å². The van der Waals surface area contributed by atoms with Crippen LogP contribution in [0.4, 0.5) is 0 Å². The molecule has 0 bridgehead atoms. The first-order valence-corrected chi connectivity index (χ1v) is 6.51. The molecule has 1 saturated heterocycles. The molecule has 1 fully saturated rings. The summed E-state index contributed by atoms with van der Waals surface area (Å²) in [7, 11) is 0. The minimum Gasteiger partial charge on any atom is -0.465 e. The van der Waals surface area contributed by atoms with Crippen molar-refractivity contribution in [3.63, 3.8) is 0 Å². The van der Waals surface area contributed by atoms with E-state index in [0.29, 0.717) is 12.3 Å². The Morgan fingerprint density at radius 2 is 2.00 bits per heavy atom. The highest BCUT2D eigenvalue weighted by atomic mass is 16.5. The zero-order chi connectivity index (χ0) is 12.8. The van der Waals surface area contributed by atoms with Gasteiger partial charge in [0.1, 0.15) is 0 Å². The zero-order valence-electron chi connectivity index (χ0n) is 10.8. The number of esters is 1. The van der Waals surface area contributed by atoms with E-state index in [1.54, 1.807) is 0 Å². The summed E-state index contributed by atoms with van der Waals surface area (Å²) >= 11 is 0. The van der Waals surface area contributed by atoms with Crippen LogP contribution in [-0.2, 0) is 9.53 Å². The van der Waals surface area contributed by atoms with E-state index in [9.17, 15) is 9.90 Å². The number of unbranched alkanes of at least 4 members (excludes halogenated alkanes) is 1. The average Bonchev–Trinajstić information content (AvgIpc) is 2.65. The monoisotopic (exact) mass is 244 g/mol. The van der Waals surface area contributed by atoms with Crippen LogP contribution in [0.1, 0.15) is 39.5 Å². The fourth-order valence-corrected chi connectivity index (χ4v) is 2.30. The SMILES string of the molecule is CC(C)CCCCC(O)C1C(=O)OCC1CO. The van der Waals surface area contributed by atoms with Crippen LogP contribution in [0.15, 0.2) is 0 Å². The van der Waals surface area contributed by atoms with Crippen molar-refractivity contribution in [2.24, 2.45) is 17.8 Å². The molecule has 0 aromatic carbocycles. The molecule has 1 aliphatic heterocycles. The quantitative estimate of drug-likeness (QED) is 0.524. The van der Waals surface area contributed by atoms with Crippen LogP contribution in [0.2, 0.25) is 0 Å². The van der Waals surface area contributed by atoms with Gasteiger partial charge in [-0.25, -0.2) is 0 Å². The summed E-state index contributed by atoms with van der Waals surface area (Å²) < 4.78 is 4.88. The third-order valence-electron chi connectivity index (χ3n) is 3.40. The second kappa shape index (κ2) is 6.97. The molecule has 0 aromatic heterocycles. The lowest BCUT2D eigenvalue weighted by atomic mass is 9.88. The number of aliphatic hydroxyl groups is 2. The number of carbonyl (C=O) groups excluding carboxylic acids is 1. The molecular formula is C13H24O4. The topological polar surface area (TPSA) is 66.8 Å². The van der Waals surface area contributed by atoms with Crippen molar-refractivity contribution in [1.82, 2.24) is 0 Å². The second-order valence-electron chi connectivity index (χ2n) is 5.34. The molecule has 1 rings (SSSR count). The van der Waals surface area contributed by atoms with Crippen molar-refractivity contribution in [1.29, 1.82) is 0 Å². The molecule has 0 amide bonds. The van der Waals surface area contributed by atoms with Crippen molar-refractivity contribution >= 4 is 5.97 Å². The van der Waals surface area contributed by atoms with Gasteiger partial charge in [-0.1, -0.05) is 33.1 Å². The summed E-state index contributed by atoms with van der Waals surface area (Å²) in [6.45, 7) is 4.49. The van der Waals surface area contributed by atoms with Gasteiger partial charge in [-0.3, -0.25) is 4.79 Å². The van der Waals surface area contributed by atoms with Gasteiger partial charge in [0.05, 0.1) is 25.2 Å². The summed E-state index contributed by atoms with van der Waals surface area (Å²) in [5, 5.41) is 19.1. The van der Waals surface area contributed by atoms with Crippen LogP contribution in [0.3, 0.4) is 0 Å². The van der Waals surface area contributed by atoms with Gasteiger partial charge in [0, 0.05) is 5.92 Å². The lowest BCUT2D eigenvalue weighted by Crippen LogP contribution is -2.31. The van der Waals surface area contributed by atoms with Crippen molar-refractivity contribution in [2.75, 3.05) is 13.2 Å². The first kappa shape index (κ1) is 14.5. The fraction of sp³-hybridized carbons (Fsp3) is 0.923. The largest absolute Gasteiger partial charge is 0.465 e. The lowest BCUT2D eigenvalue weighted by molar-refractivity contribution is -0.144. The molecule has 0 aromatic rings. The molecule has 0 saturated carbocycles. The summed E-state index contributed by atoms with van der Waals surface area (Å²) in [5.74, 6) is -0.448. The minimum absolute atomic E-state index is 0.0978. The van der Waals surface area contributed by atoms with Gasteiger partial charge in [-0.2, -0.15) is 0 Å². The van der Waals surface area contributed by atoms with Crippen molar-refractivity contribution in [2.45, 2.75) is 45.6 Å². The number of cyclic esters (lactones) is 1. The maximum atomic E-state index is 11.4. The van der Waals surface area contributed by atoms with E-state index in [1.807, 2.05) is 0 Å². The van der Waals surface area contributed by atoms with Crippen LogP contribution >= 0.6 is 0 Å². The van der Waals surface area contributed by atoms with Crippen LogP contribution in [-0.4, -0.2) is 35.5 Å². The highest BCUT2D eigenvalue weighted by molar-refractivity contribution is 5.75. The molecule has 1 heterocycles. The Kier molecular flexibility index (Phi) is 5.92. The maximum absolute atomic E-state index is 11.4. The number of carbonyl (C=O) groups is 1. The third kappa shape index (κ3) is 4.28. The summed E-state index contributed by atoms with van der Waals surface area (Å²) in [5.41, 5.74) is 0. The van der Waals surface area contributed by atoms with E-state index in [1.165, 1.54) is 0 Å². The summed E-state index contributed by atoms with van der Waals surface area (Å²) in [6, 6.07) is 0. The first-order chi connectivity index (χ1) is 8.06. The van der Waals surface area contributed by atoms with E-state index in [2.05, 4.69) is 13.8 Å². The number of rotatable bonds is 7. The molecular weight excluding hydrogens is 220 g/mol. The van der Waals surface area contributed by atoms with E-state index in [-0.39, 0.29) is 25.1 Å². The average molecular weight is 244 g/mol. The van der Waals surface area contributed by atoms with E-state index in [0.717, 1.165) is 19.3 Å². The molecule has 3 unspecified atom stereocenters. The second-order valence-corrected chi connectivity index (χ2v) is 5.34. The van der Waals surface area contributed by atoms with Gasteiger partial charge < -0.3 is 14.9 Å². The Labute approximate surface area is 103 Å². The third-order valence-corrected chi connectivity index (χ3v) is 3.40. The fourth-order valence-electron chi connectivity index (χ4n) is 2.30. The molecule has 1 aliphatic rings. The lowest BCUT2D eigenvalue weighted by Gasteiger charge is -2.19. The predicted molar refractivity (Wildman–Crippen MR) is 64.3 cm³/mol. The number of aliphatic hydroxyl groups excluding tert-OH is 2. The number of hydrogen-bond donors (Lipinski definition) is 2. The minimum atomic E-state index is -0.672. The van der Waals surface area contributed by atoms with Crippen molar-refractivity contribution in [3.8, 4) is 0 Å². The highest BCUT2D eigenvalue weighted by Gasteiger charge is 2.41. The molecule has 2 N–H and O–H groups in total. The Hall–Kier alpha value is -0.610. The van der Waals surface area contributed by atoms with Crippen molar-refractivity contribution < 1.29 is 19.7 Å². The van der Waals surface area contributed by atoms with Gasteiger partial charge in [0.15, 0.2) is 0 Å². The van der Waals surface area contributed by atoms with Gasteiger partial charge in [-0.05, 0) is 12.3 Å². The van der Waals surface area contributed by atoms with E-state index in [4.69, 9.17) is 9.84 Å². The predicted octanol–water partition coefficient (Wildman–Crippen LogP) is 1.35. The zero-order valence-corrected chi connectivity index (χ0v) is 10.8. The molecule has 3 atom stereocenters. The van der Waals surface area contributed by atoms with Gasteiger partial charge >= 0.3 is 5.97 Å². The molecule has 0 radical (unpaired) electrons. The smallest absolute Gasteiger partial charge is 0.312 e. The normalized spacial score (nSPS) is 26.3. The van der Waals surface area contributed by atoms with Crippen molar-refractivity contribution in [3.05, 3.63) is 0 Å². The number of ether oxygens (including phenoxy) is 1.